The Morgan fingerprint density at radius 2 is 1.15 bits per heavy atom. The number of likely N-dealkylation sites (tertiary alicyclic amines) is 1. The number of carboxylic acids is 1. The Morgan fingerprint density at radius 1 is 0.683 bits per heavy atom. The second kappa shape index (κ2) is 19.5. The predicted molar refractivity (Wildman–Crippen MR) is 225 cm³/mol. The Morgan fingerprint density at radius 3 is 1.67 bits per heavy atom. The number of carbonyl (C=O) groups is 6. The van der Waals surface area contributed by atoms with E-state index in [1.54, 1.807) is 24.0 Å². The number of aliphatic carboxylic acids is 1. The molecule has 0 aromatic heterocycles. The molecule has 1 saturated heterocycles. The van der Waals surface area contributed by atoms with Gasteiger partial charge in [0.1, 0.15) is 24.2 Å². The van der Waals surface area contributed by atoms with E-state index in [1.165, 1.54) is 31.0 Å². The Kier molecular flexibility index (Phi) is 14.0. The number of hydrogen-bond donors (Lipinski definition) is 2. The Hall–Kier alpha value is -6.50. The minimum Gasteiger partial charge on any atom is -0.481 e. The van der Waals surface area contributed by atoms with E-state index in [9.17, 15) is 24.3 Å². The zero-order chi connectivity index (χ0) is 42.9. The van der Waals surface area contributed by atoms with Crippen molar-refractivity contribution in [3.05, 3.63) is 131 Å². The van der Waals surface area contributed by atoms with Gasteiger partial charge in [-0.1, -0.05) is 109 Å². The summed E-state index contributed by atoms with van der Waals surface area (Å²) in [6.07, 6.45) is 1.22. The highest BCUT2D eigenvalue weighted by molar-refractivity contribution is 5.96. The Bertz CT molecular complexity index is 2130. The van der Waals surface area contributed by atoms with E-state index >= 15 is 9.59 Å². The number of rotatable bonds is 15. The SMILES string of the molecule is COC(=O)N(C1c2ccccc2-c2ccccc21)[C@@H](CC(=O)O)C(=O)N(C)[C@@H](Cc1ccccc1)C(=O)N(C)[C@@H](Cc1ccccc1)C(=O)N[C@@H](C)C(=O)N1CCCCC1. The third kappa shape index (κ3) is 9.51. The lowest BCUT2D eigenvalue weighted by Crippen LogP contribution is -2.60. The second-order valence-electron chi connectivity index (χ2n) is 15.5. The standard InChI is InChI=1S/C47H53N5O8/c1-31(44(56)51-26-16-7-17-27-51)48-43(55)38(28-32-18-8-5-9-19-32)49(2)45(57)39(29-33-20-10-6-11-21-33)50(3)46(58)40(30-41(53)54)52(47(59)60-4)42-36-24-14-12-22-34(36)35-23-13-15-25-37(35)42/h5-6,8-15,18-25,31,38-40,42H,7,16-17,26-30H2,1-4H3,(H,48,55)(H,53,54)/t31-,38-,39-,40-/m0/s1. The van der Waals surface area contributed by atoms with Crippen LogP contribution in [-0.4, -0.2) is 119 Å². The van der Waals surface area contributed by atoms with Crippen molar-refractivity contribution < 1.29 is 38.6 Å². The molecule has 60 heavy (non-hydrogen) atoms. The lowest BCUT2D eigenvalue weighted by Gasteiger charge is -2.39. The maximum atomic E-state index is 15.1. The summed E-state index contributed by atoms with van der Waals surface area (Å²) in [5.74, 6) is -3.49. The predicted octanol–water partition coefficient (Wildman–Crippen LogP) is 5.32. The molecule has 1 aliphatic carbocycles. The number of fused-ring (bicyclic) bond motifs is 3. The number of nitrogens with one attached hydrogen (secondary N) is 1. The van der Waals surface area contributed by atoms with Gasteiger partial charge in [0, 0.05) is 40.0 Å². The monoisotopic (exact) mass is 815 g/mol. The van der Waals surface area contributed by atoms with Crippen molar-refractivity contribution in [1.82, 2.24) is 24.9 Å². The van der Waals surface area contributed by atoms with Crippen LogP contribution in [0.5, 0.6) is 0 Å². The molecule has 314 valence electrons. The van der Waals surface area contributed by atoms with Crippen molar-refractivity contribution in [3.63, 3.8) is 0 Å². The number of ether oxygens (including phenoxy) is 1. The van der Waals surface area contributed by atoms with Crippen LogP contribution in [0.1, 0.15) is 60.9 Å². The number of hydrogen-bond acceptors (Lipinski definition) is 7. The molecule has 1 aliphatic heterocycles. The van der Waals surface area contributed by atoms with Crippen molar-refractivity contribution in [2.24, 2.45) is 0 Å². The van der Waals surface area contributed by atoms with E-state index in [2.05, 4.69) is 5.32 Å². The van der Waals surface area contributed by atoms with Crippen molar-refractivity contribution in [3.8, 4) is 11.1 Å². The first-order valence-electron chi connectivity index (χ1n) is 20.4. The number of methoxy groups -OCH3 is 1. The van der Waals surface area contributed by atoms with Gasteiger partial charge in [-0.25, -0.2) is 4.79 Å². The average Bonchev–Trinajstić information content (AvgIpc) is 3.60. The summed E-state index contributed by atoms with van der Waals surface area (Å²) >= 11 is 0. The molecule has 4 aromatic carbocycles. The van der Waals surface area contributed by atoms with E-state index < -0.39 is 66.4 Å². The third-order valence-electron chi connectivity index (χ3n) is 11.6. The number of amides is 5. The maximum Gasteiger partial charge on any atom is 0.410 e. The minimum absolute atomic E-state index is 0.00287. The van der Waals surface area contributed by atoms with E-state index in [4.69, 9.17) is 4.74 Å². The largest absolute Gasteiger partial charge is 0.481 e. The third-order valence-corrected chi connectivity index (χ3v) is 11.6. The summed E-state index contributed by atoms with van der Waals surface area (Å²) in [5, 5.41) is 13.2. The Balaban J connectivity index is 1.36. The molecule has 13 nitrogen and oxygen atoms in total. The summed E-state index contributed by atoms with van der Waals surface area (Å²) in [5.41, 5.74) is 4.50. The maximum absolute atomic E-state index is 15.1. The lowest BCUT2D eigenvalue weighted by atomic mass is 9.97. The molecular weight excluding hydrogens is 763 g/mol. The van der Waals surface area contributed by atoms with Gasteiger partial charge in [-0.2, -0.15) is 0 Å². The molecule has 2 aliphatic rings. The molecule has 6 rings (SSSR count). The summed E-state index contributed by atoms with van der Waals surface area (Å²) in [4.78, 5) is 89.8. The highest BCUT2D eigenvalue weighted by Gasteiger charge is 2.46. The number of benzene rings is 4. The van der Waals surface area contributed by atoms with Gasteiger partial charge >= 0.3 is 12.1 Å². The highest BCUT2D eigenvalue weighted by atomic mass is 16.5. The van der Waals surface area contributed by atoms with Crippen LogP contribution < -0.4 is 5.32 Å². The van der Waals surface area contributed by atoms with Gasteiger partial charge < -0.3 is 29.9 Å². The summed E-state index contributed by atoms with van der Waals surface area (Å²) < 4.78 is 5.27. The molecule has 0 unspecified atom stereocenters. The van der Waals surface area contributed by atoms with Crippen LogP contribution in [0, 0.1) is 0 Å². The van der Waals surface area contributed by atoms with Crippen molar-refractivity contribution in [2.45, 2.75) is 75.7 Å². The van der Waals surface area contributed by atoms with Crippen LogP contribution >= 0.6 is 0 Å². The quantitative estimate of drug-likeness (QED) is 0.163. The molecule has 0 radical (unpaired) electrons. The van der Waals surface area contributed by atoms with E-state index in [1.807, 2.05) is 97.1 Å². The zero-order valence-corrected chi connectivity index (χ0v) is 34.5. The molecule has 0 saturated carbocycles. The van der Waals surface area contributed by atoms with Crippen molar-refractivity contribution in [1.29, 1.82) is 0 Å². The number of nitrogens with zero attached hydrogens (tertiary/aromatic N) is 4. The Labute approximate surface area is 350 Å². The first-order valence-corrected chi connectivity index (χ1v) is 20.4. The van der Waals surface area contributed by atoms with Crippen LogP contribution in [0.2, 0.25) is 0 Å². The van der Waals surface area contributed by atoms with Crippen LogP contribution in [0.25, 0.3) is 11.1 Å². The fourth-order valence-corrected chi connectivity index (χ4v) is 8.42. The van der Waals surface area contributed by atoms with Gasteiger partial charge in [0.05, 0.1) is 19.6 Å². The van der Waals surface area contributed by atoms with Crippen LogP contribution in [0.4, 0.5) is 4.79 Å². The molecule has 4 aromatic rings. The van der Waals surface area contributed by atoms with Gasteiger partial charge in [0.25, 0.3) is 0 Å². The fourth-order valence-electron chi connectivity index (χ4n) is 8.42. The van der Waals surface area contributed by atoms with Gasteiger partial charge in [0.2, 0.25) is 23.6 Å². The van der Waals surface area contributed by atoms with Crippen molar-refractivity contribution in [2.75, 3.05) is 34.3 Å². The lowest BCUT2D eigenvalue weighted by molar-refractivity contribution is -0.152. The average molecular weight is 816 g/mol. The number of carboxylic acid groups (broad SMARTS) is 1. The molecule has 0 bridgehead atoms. The smallest absolute Gasteiger partial charge is 0.410 e. The van der Waals surface area contributed by atoms with Gasteiger partial charge in [-0.3, -0.25) is 28.9 Å². The molecule has 1 heterocycles. The number of likely N-dealkylation sites (N-methyl/N-ethyl adjacent to an activating group) is 2. The number of piperidine rings is 1. The van der Waals surface area contributed by atoms with E-state index in [0.717, 1.165) is 40.9 Å². The molecule has 5 amide bonds. The van der Waals surface area contributed by atoms with Gasteiger partial charge in [0.15, 0.2) is 0 Å². The van der Waals surface area contributed by atoms with Crippen LogP contribution in [0.15, 0.2) is 109 Å². The zero-order valence-electron chi connectivity index (χ0n) is 34.5. The molecule has 2 N–H and O–H groups in total. The molecular formula is C47H53N5O8. The number of carbonyl (C=O) groups excluding carboxylic acids is 5. The van der Waals surface area contributed by atoms with Gasteiger partial charge in [-0.15, -0.1) is 0 Å². The van der Waals surface area contributed by atoms with Gasteiger partial charge in [-0.05, 0) is 59.6 Å². The van der Waals surface area contributed by atoms with E-state index in [-0.39, 0.29) is 18.7 Å². The summed E-state index contributed by atoms with van der Waals surface area (Å²) in [6, 6.07) is 27.3. The van der Waals surface area contributed by atoms with Crippen molar-refractivity contribution >= 4 is 35.7 Å². The van der Waals surface area contributed by atoms with Crippen LogP contribution in [0.3, 0.4) is 0 Å². The van der Waals surface area contributed by atoms with E-state index in [0.29, 0.717) is 29.8 Å². The topological polar surface area (TPSA) is 157 Å². The molecule has 0 spiro atoms. The second-order valence-corrected chi connectivity index (χ2v) is 15.5. The normalized spacial score (nSPS) is 15.3. The molecule has 1 fully saturated rings. The molecule has 4 atom stereocenters. The minimum atomic E-state index is -1.62. The highest BCUT2D eigenvalue weighted by Crippen LogP contribution is 2.47. The summed E-state index contributed by atoms with van der Waals surface area (Å²) in [6.45, 7) is 2.86. The summed E-state index contributed by atoms with van der Waals surface area (Å²) in [7, 11) is 4.07. The first kappa shape index (κ1) is 43.1. The fraction of sp³-hybridized carbons (Fsp3) is 0.362. The molecule has 13 heteroatoms. The van der Waals surface area contributed by atoms with Crippen LogP contribution in [-0.2, 0) is 41.6 Å². The first-order chi connectivity index (χ1) is 28.9.